The van der Waals surface area contributed by atoms with E-state index in [1.807, 2.05) is 0 Å². The van der Waals surface area contributed by atoms with Crippen LogP contribution in [0.4, 0.5) is 10.5 Å². The van der Waals surface area contributed by atoms with Gasteiger partial charge in [-0.25, -0.2) is 4.79 Å². The summed E-state index contributed by atoms with van der Waals surface area (Å²) >= 11 is 12.1. The van der Waals surface area contributed by atoms with Crippen molar-refractivity contribution in [2.75, 3.05) is 31.6 Å². The number of hydrogen-bond acceptors (Lipinski definition) is 5. The number of β-amino-alcohol motifs (C(OH)–C–C–N with tert-alkyl or cyclic N) is 1. The molecule has 35 heavy (non-hydrogen) atoms. The molecule has 1 aromatic carbocycles. The van der Waals surface area contributed by atoms with Crippen LogP contribution < -0.4 is 10.6 Å². The molecule has 1 aliphatic carbocycles. The standard InChI is InChI=1S/C25H35Cl2N3O5/c26-17-8-18(27)10-19(9-17)29-25(33)30-13-20(31)14-34-15-23-22(30)7-6-21(35-23)11-24(32)28-12-16-4-2-1-3-5-16/h8-10,16,20-23,31H,1-7,11-15H2,(H,28,32)(H,29,33)/t20-,21+,22+,23-/m0/s1. The number of rotatable bonds is 5. The predicted octanol–water partition coefficient (Wildman–Crippen LogP) is 4.22. The minimum atomic E-state index is -0.812. The SMILES string of the molecule is O=C(C[C@H]1CC[C@@H]2[C@H](COC[C@@H](O)CN2C(=O)Nc2cc(Cl)cc(Cl)c2)O1)NCC1CCCCC1. The summed E-state index contributed by atoms with van der Waals surface area (Å²) < 4.78 is 11.9. The zero-order valence-electron chi connectivity index (χ0n) is 19.9. The number of amides is 3. The monoisotopic (exact) mass is 527 g/mol. The summed E-state index contributed by atoms with van der Waals surface area (Å²) in [7, 11) is 0. The first kappa shape index (κ1) is 26.5. The minimum Gasteiger partial charge on any atom is -0.389 e. The molecule has 194 valence electrons. The molecule has 0 unspecified atom stereocenters. The smallest absolute Gasteiger partial charge is 0.322 e. The highest BCUT2D eigenvalue weighted by molar-refractivity contribution is 6.35. The molecule has 3 fully saturated rings. The van der Waals surface area contributed by atoms with Crippen molar-refractivity contribution in [2.24, 2.45) is 5.92 Å². The van der Waals surface area contributed by atoms with Gasteiger partial charge in [-0.1, -0.05) is 42.5 Å². The highest BCUT2D eigenvalue weighted by atomic mass is 35.5. The Balaban J connectivity index is 1.35. The van der Waals surface area contributed by atoms with Gasteiger partial charge in [0.2, 0.25) is 5.91 Å². The van der Waals surface area contributed by atoms with Crippen LogP contribution in [-0.2, 0) is 14.3 Å². The lowest BCUT2D eigenvalue weighted by atomic mass is 9.89. The number of aliphatic hydroxyl groups is 1. The Labute approximate surface area is 216 Å². The van der Waals surface area contributed by atoms with Crippen molar-refractivity contribution in [2.45, 2.75) is 75.7 Å². The highest BCUT2D eigenvalue weighted by Gasteiger charge is 2.40. The number of aliphatic hydroxyl groups excluding tert-OH is 1. The minimum absolute atomic E-state index is 0.00800. The van der Waals surface area contributed by atoms with Gasteiger partial charge in [0.05, 0.1) is 44.4 Å². The summed E-state index contributed by atoms with van der Waals surface area (Å²) in [5.74, 6) is 0.588. The molecule has 4 atom stereocenters. The second-order valence-electron chi connectivity index (χ2n) is 9.89. The van der Waals surface area contributed by atoms with E-state index in [4.69, 9.17) is 32.7 Å². The van der Waals surface area contributed by atoms with Crippen molar-refractivity contribution in [1.29, 1.82) is 0 Å². The first-order chi connectivity index (χ1) is 16.9. The van der Waals surface area contributed by atoms with Crippen molar-refractivity contribution in [1.82, 2.24) is 10.2 Å². The van der Waals surface area contributed by atoms with Crippen LogP contribution in [0.25, 0.3) is 0 Å². The molecule has 2 saturated heterocycles. The molecule has 0 spiro atoms. The molecule has 1 saturated carbocycles. The molecule has 2 aliphatic heterocycles. The summed E-state index contributed by atoms with van der Waals surface area (Å²) in [6, 6.07) is 4.16. The van der Waals surface area contributed by atoms with Crippen molar-refractivity contribution in [3.63, 3.8) is 0 Å². The van der Waals surface area contributed by atoms with Crippen LogP contribution in [0, 0.1) is 5.92 Å². The number of carbonyl (C=O) groups is 2. The van der Waals surface area contributed by atoms with E-state index in [0.29, 0.717) is 40.9 Å². The summed E-state index contributed by atoms with van der Waals surface area (Å²) in [6.45, 7) is 1.19. The van der Waals surface area contributed by atoms with Gasteiger partial charge in [0, 0.05) is 22.3 Å². The number of halogens is 2. The molecular weight excluding hydrogens is 493 g/mol. The maximum Gasteiger partial charge on any atom is 0.322 e. The highest BCUT2D eigenvalue weighted by Crippen LogP contribution is 2.29. The fourth-order valence-corrected chi connectivity index (χ4v) is 5.85. The van der Waals surface area contributed by atoms with E-state index in [9.17, 15) is 14.7 Å². The van der Waals surface area contributed by atoms with Gasteiger partial charge in [-0.3, -0.25) is 4.79 Å². The maximum atomic E-state index is 13.2. The van der Waals surface area contributed by atoms with E-state index >= 15 is 0 Å². The second kappa shape index (κ2) is 12.6. The van der Waals surface area contributed by atoms with Crippen LogP contribution in [0.2, 0.25) is 10.0 Å². The quantitative estimate of drug-likeness (QED) is 0.532. The van der Waals surface area contributed by atoms with Gasteiger partial charge in [-0.2, -0.15) is 0 Å². The van der Waals surface area contributed by atoms with E-state index in [-0.39, 0.29) is 49.9 Å². The van der Waals surface area contributed by atoms with Gasteiger partial charge < -0.3 is 30.1 Å². The third-order valence-electron chi connectivity index (χ3n) is 7.08. The number of hydrogen-bond donors (Lipinski definition) is 3. The Morgan fingerprint density at radius 2 is 1.77 bits per heavy atom. The number of urea groups is 1. The average Bonchev–Trinajstić information content (AvgIpc) is 2.80. The number of fused-ring (bicyclic) bond motifs is 1. The molecule has 3 N–H and O–H groups in total. The van der Waals surface area contributed by atoms with Gasteiger partial charge in [-0.05, 0) is 49.8 Å². The summed E-state index contributed by atoms with van der Waals surface area (Å²) in [6.07, 6.45) is 6.32. The topological polar surface area (TPSA) is 100 Å². The number of benzene rings is 1. The molecule has 0 radical (unpaired) electrons. The lowest BCUT2D eigenvalue weighted by molar-refractivity contribution is -0.149. The maximum absolute atomic E-state index is 13.2. The van der Waals surface area contributed by atoms with Crippen molar-refractivity contribution >= 4 is 40.8 Å². The van der Waals surface area contributed by atoms with Gasteiger partial charge >= 0.3 is 6.03 Å². The third-order valence-corrected chi connectivity index (χ3v) is 7.52. The van der Waals surface area contributed by atoms with E-state index in [1.165, 1.54) is 32.1 Å². The van der Waals surface area contributed by atoms with Gasteiger partial charge in [0.1, 0.15) is 6.10 Å². The summed E-state index contributed by atoms with van der Waals surface area (Å²) in [5.41, 5.74) is 0.473. The Bertz CT molecular complexity index is 862. The van der Waals surface area contributed by atoms with Crippen molar-refractivity contribution in [3.05, 3.63) is 28.2 Å². The predicted molar refractivity (Wildman–Crippen MR) is 135 cm³/mol. The number of anilines is 1. The lowest BCUT2D eigenvalue weighted by Crippen LogP contribution is -2.58. The van der Waals surface area contributed by atoms with Gasteiger partial charge in [-0.15, -0.1) is 0 Å². The molecular formula is C25H35Cl2N3O5. The molecule has 0 bridgehead atoms. The lowest BCUT2D eigenvalue weighted by Gasteiger charge is -2.44. The Morgan fingerprint density at radius 1 is 1.03 bits per heavy atom. The fourth-order valence-electron chi connectivity index (χ4n) is 5.32. The average molecular weight is 528 g/mol. The molecule has 3 aliphatic rings. The van der Waals surface area contributed by atoms with Crippen LogP contribution in [-0.4, -0.2) is 72.6 Å². The zero-order chi connectivity index (χ0) is 24.8. The van der Waals surface area contributed by atoms with Crippen molar-refractivity contribution < 1.29 is 24.2 Å². The normalized spacial score (nSPS) is 27.9. The van der Waals surface area contributed by atoms with E-state index in [1.54, 1.807) is 23.1 Å². The Kier molecular flexibility index (Phi) is 9.53. The first-order valence-electron chi connectivity index (χ1n) is 12.6. The number of nitrogens with zero attached hydrogens (tertiary/aromatic N) is 1. The number of nitrogens with one attached hydrogen (secondary N) is 2. The van der Waals surface area contributed by atoms with Crippen molar-refractivity contribution in [3.8, 4) is 0 Å². The number of ether oxygens (including phenoxy) is 2. The van der Waals surface area contributed by atoms with Crippen LogP contribution in [0.3, 0.4) is 0 Å². The molecule has 2 heterocycles. The molecule has 4 rings (SSSR count). The number of carbonyl (C=O) groups excluding carboxylic acids is 2. The summed E-state index contributed by atoms with van der Waals surface area (Å²) in [4.78, 5) is 27.4. The Morgan fingerprint density at radius 3 is 2.51 bits per heavy atom. The van der Waals surface area contributed by atoms with Gasteiger partial charge in [0.25, 0.3) is 0 Å². The fraction of sp³-hybridized carbons (Fsp3) is 0.680. The third kappa shape index (κ3) is 7.70. The van der Waals surface area contributed by atoms with E-state index in [2.05, 4.69) is 10.6 Å². The summed E-state index contributed by atoms with van der Waals surface area (Å²) in [5, 5.41) is 17.1. The van der Waals surface area contributed by atoms with Crippen LogP contribution in [0.5, 0.6) is 0 Å². The zero-order valence-corrected chi connectivity index (χ0v) is 21.4. The Hall–Kier alpha value is -1.58. The van der Waals surface area contributed by atoms with Crippen LogP contribution >= 0.6 is 23.2 Å². The molecule has 8 nitrogen and oxygen atoms in total. The largest absolute Gasteiger partial charge is 0.389 e. The first-order valence-corrected chi connectivity index (χ1v) is 13.3. The molecule has 10 heteroatoms. The molecule has 1 aromatic rings. The second-order valence-corrected chi connectivity index (χ2v) is 10.8. The van der Waals surface area contributed by atoms with Crippen LogP contribution in [0.15, 0.2) is 18.2 Å². The molecule has 0 aromatic heterocycles. The van der Waals surface area contributed by atoms with E-state index < -0.39 is 6.10 Å². The molecule has 3 amide bonds. The van der Waals surface area contributed by atoms with E-state index in [0.717, 1.165) is 6.54 Å². The van der Waals surface area contributed by atoms with Crippen LogP contribution in [0.1, 0.15) is 51.4 Å². The van der Waals surface area contributed by atoms with Gasteiger partial charge in [0.15, 0.2) is 0 Å².